The van der Waals surface area contributed by atoms with E-state index in [1.54, 1.807) is 0 Å². The summed E-state index contributed by atoms with van der Waals surface area (Å²) in [7, 11) is 0. The van der Waals surface area contributed by atoms with E-state index in [2.05, 4.69) is 216 Å². The number of anilines is 6. The molecule has 0 spiro atoms. The van der Waals surface area contributed by atoms with Gasteiger partial charge < -0.3 is 23.1 Å². The van der Waals surface area contributed by atoms with Gasteiger partial charge in [0.15, 0.2) is 5.58 Å². The predicted molar refractivity (Wildman–Crippen MR) is 278 cm³/mol. The van der Waals surface area contributed by atoms with E-state index in [-0.39, 0.29) is 0 Å². The molecular formula is C62H38N2O3. The summed E-state index contributed by atoms with van der Waals surface area (Å²) in [4.78, 5) is 4.57. The van der Waals surface area contributed by atoms with Crippen LogP contribution in [0, 0.1) is 0 Å². The Bertz CT molecular complexity index is 4220. The zero-order valence-corrected chi connectivity index (χ0v) is 36.1. The highest BCUT2D eigenvalue weighted by atomic mass is 16.3. The molecule has 0 aliphatic rings. The maximum absolute atomic E-state index is 7.02. The third-order valence-corrected chi connectivity index (χ3v) is 13.4. The molecular weight excluding hydrogens is 821 g/mol. The average molecular weight is 859 g/mol. The van der Waals surface area contributed by atoms with Crippen molar-refractivity contribution in [3.63, 3.8) is 0 Å². The van der Waals surface area contributed by atoms with Crippen LogP contribution in [0.1, 0.15) is 0 Å². The number of nitrogens with zero attached hydrogens (tertiary/aromatic N) is 2. The van der Waals surface area contributed by atoms with Crippen LogP contribution in [0.15, 0.2) is 244 Å². The van der Waals surface area contributed by atoms with Gasteiger partial charge in [0.05, 0.1) is 5.69 Å². The van der Waals surface area contributed by atoms with Gasteiger partial charge in [0.2, 0.25) is 0 Å². The van der Waals surface area contributed by atoms with Crippen molar-refractivity contribution in [1.29, 1.82) is 0 Å². The van der Waals surface area contributed by atoms with Crippen LogP contribution in [0.2, 0.25) is 0 Å². The average Bonchev–Trinajstić information content (AvgIpc) is 4.09. The van der Waals surface area contributed by atoms with Crippen molar-refractivity contribution in [3.05, 3.63) is 231 Å². The number of hydrogen-bond acceptors (Lipinski definition) is 5. The third-order valence-electron chi connectivity index (χ3n) is 13.4. The third kappa shape index (κ3) is 5.88. The van der Waals surface area contributed by atoms with Gasteiger partial charge in [-0.2, -0.15) is 0 Å². The molecule has 0 bridgehead atoms. The number of para-hydroxylation sites is 5. The van der Waals surface area contributed by atoms with Gasteiger partial charge in [0.1, 0.15) is 27.9 Å². The highest BCUT2D eigenvalue weighted by Gasteiger charge is 2.22. The topological polar surface area (TPSA) is 45.9 Å². The second-order valence-electron chi connectivity index (χ2n) is 17.2. The van der Waals surface area contributed by atoms with Gasteiger partial charge in [0.25, 0.3) is 0 Å². The van der Waals surface area contributed by atoms with E-state index in [1.807, 2.05) is 24.3 Å². The van der Waals surface area contributed by atoms with Gasteiger partial charge in [-0.05, 0) is 124 Å². The molecule has 3 heterocycles. The molecule has 314 valence electrons. The van der Waals surface area contributed by atoms with Gasteiger partial charge in [-0.15, -0.1) is 0 Å². The molecule has 11 aromatic carbocycles. The fourth-order valence-electron chi connectivity index (χ4n) is 10.4. The molecule has 0 saturated carbocycles. The lowest BCUT2D eigenvalue weighted by Crippen LogP contribution is -2.10. The predicted octanol–water partition coefficient (Wildman–Crippen LogP) is 18.3. The van der Waals surface area contributed by atoms with Crippen molar-refractivity contribution in [1.82, 2.24) is 0 Å². The summed E-state index contributed by atoms with van der Waals surface area (Å²) in [6.45, 7) is 0. The SMILES string of the molecule is c1ccc(N(c2ccc3c(c2)oc2c4ccc(-c5ccc(N(c6ccccc6)c6cccc7c6oc6ccccc67)cc5)cc4c4ccccc4c32)c2ccc3oc4ccccc4c3c2)cc1. The summed E-state index contributed by atoms with van der Waals surface area (Å²) in [5, 5.41) is 11.2. The van der Waals surface area contributed by atoms with Gasteiger partial charge in [-0.1, -0.05) is 127 Å². The molecule has 5 nitrogen and oxygen atoms in total. The molecule has 0 aliphatic carbocycles. The van der Waals surface area contributed by atoms with Crippen molar-refractivity contribution in [2.45, 2.75) is 0 Å². The molecule has 0 N–H and O–H groups in total. The maximum atomic E-state index is 7.02. The molecule has 0 fully saturated rings. The Labute approximate surface area is 384 Å². The Hall–Kier alpha value is -9.06. The van der Waals surface area contributed by atoms with Crippen molar-refractivity contribution < 1.29 is 13.3 Å². The minimum Gasteiger partial charge on any atom is -0.456 e. The molecule has 14 rings (SSSR count). The first-order valence-corrected chi connectivity index (χ1v) is 22.6. The Morgan fingerprint density at radius 3 is 1.54 bits per heavy atom. The number of rotatable bonds is 7. The van der Waals surface area contributed by atoms with E-state index in [0.717, 1.165) is 122 Å². The summed E-state index contributed by atoms with van der Waals surface area (Å²) < 4.78 is 19.8. The first-order chi connectivity index (χ1) is 33.2. The molecule has 0 saturated heterocycles. The van der Waals surface area contributed by atoms with Gasteiger partial charge in [-0.25, -0.2) is 0 Å². The van der Waals surface area contributed by atoms with E-state index in [1.165, 1.54) is 10.8 Å². The minimum absolute atomic E-state index is 0.835. The van der Waals surface area contributed by atoms with Gasteiger partial charge >= 0.3 is 0 Å². The normalized spacial score (nSPS) is 11.9. The van der Waals surface area contributed by atoms with Crippen molar-refractivity contribution in [2.75, 3.05) is 9.80 Å². The zero-order valence-electron chi connectivity index (χ0n) is 36.1. The van der Waals surface area contributed by atoms with E-state index < -0.39 is 0 Å². The molecule has 0 radical (unpaired) electrons. The number of benzene rings is 11. The van der Waals surface area contributed by atoms with E-state index >= 15 is 0 Å². The van der Waals surface area contributed by atoms with E-state index in [9.17, 15) is 0 Å². The van der Waals surface area contributed by atoms with Gasteiger partial charge in [-0.3, -0.25) is 0 Å². The first kappa shape index (κ1) is 37.3. The van der Waals surface area contributed by atoms with Crippen LogP contribution >= 0.6 is 0 Å². The Kier molecular flexibility index (Phi) is 8.21. The summed E-state index contributed by atoms with van der Waals surface area (Å²) in [6, 6.07) is 81.3. The van der Waals surface area contributed by atoms with E-state index in [0.29, 0.717) is 0 Å². The summed E-state index contributed by atoms with van der Waals surface area (Å²) in [5.41, 5.74) is 13.7. The minimum atomic E-state index is 0.835. The second-order valence-corrected chi connectivity index (χ2v) is 17.2. The van der Waals surface area contributed by atoms with Crippen LogP contribution < -0.4 is 9.80 Å². The Balaban J connectivity index is 0.882. The molecule has 0 amide bonds. The Morgan fingerprint density at radius 2 is 0.761 bits per heavy atom. The second kappa shape index (κ2) is 14.7. The molecule has 5 heteroatoms. The zero-order chi connectivity index (χ0) is 44.0. The summed E-state index contributed by atoms with van der Waals surface area (Å²) in [6.07, 6.45) is 0. The van der Waals surface area contributed by atoms with Crippen LogP contribution in [0.3, 0.4) is 0 Å². The summed E-state index contributed by atoms with van der Waals surface area (Å²) in [5.74, 6) is 0. The lowest BCUT2D eigenvalue weighted by atomic mass is 9.94. The van der Waals surface area contributed by atoms with Gasteiger partial charge in [0, 0.05) is 72.2 Å². The summed E-state index contributed by atoms with van der Waals surface area (Å²) >= 11 is 0. The molecule has 67 heavy (non-hydrogen) atoms. The van der Waals surface area contributed by atoms with Crippen LogP contribution in [0.5, 0.6) is 0 Å². The fraction of sp³-hybridized carbons (Fsp3) is 0. The molecule has 3 aromatic heterocycles. The lowest BCUT2D eigenvalue weighted by Gasteiger charge is -2.25. The molecule has 0 atom stereocenters. The van der Waals surface area contributed by atoms with Crippen molar-refractivity contribution >= 4 is 121 Å². The van der Waals surface area contributed by atoms with Crippen molar-refractivity contribution in [3.8, 4) is 11.1 Å². The van der Waals surface area contributed by atoms with E-state index in [4.69, 9.17) is 13.3 Å². The lowest BCUT2D eigenvalue weighted by molar-refractivity contribution is 0.668. The van der Waals surface area contributed by atoms with Crippen LogP contribution in [-0.2, 0) is 0 Å². The standard InChI is InChI=1S/C62H38N2O3/c1-3-14-41(15-4-1)63(44-32-35-58-54(37-44)48-20-10-11-24-56(48)65-58)45-31-34-52-59(38-45)67-62-51-33-28-40(36-53(51)46-18-7-8-21-49(46)60(52)62)39-26-29-43(30-27-39)64(42-16-5-2-6-17-42)55-23-13-22-50-47-19-9-12-25-57(47)66-61(50)55/h1-38H. The molecule has 0 unspecified atom stereocenters. The highest BCUT2D eigenvalue weighted by molar-refractivity contribution is 6.30. The monoisotopic (exact) mass is 858 g/mol. The molecule has 0 aliphatic heterocycles. The number of hydrogen-bond donors (Lipinski definition) is 0. The first-order valence-electron chi connectivity index (χ1n) is 22.6. The quantitative estimate of drug-likeness (QED) is 0.149. The highest BCUT2D eigenvalue weighted by Crippen LogP contribution is 2.46. The maximum Gasteiger partial charge on any atom is 0.159 e. The fourth-order valence-corrected chi connectivity index (χ4v) is 10.4. The number of furan rings is 3. The van der Waals surface area contributed by atoms with Crippen molar-refractivity contribution in [2.24, 2.45) is 0 Å². The molecule has 14 aromatic rings. The van der Waals surface area contributed by atoms with Crippen LogP contribution in [-0.4, -0.2) is 0 Å². The Morgan fingerprint density at radius 1 is 0.239 bits per heavy atom. The van der Waals surface area contributed by atoms with Crippen LogP contribution in [0.4, 0.5) is 34.1 Å². The largest absolute Gasteiger partial charge is 0.456 e. The smallest absolute Gasteiger partial charge is 0.159 e. The van der Waals surface area contributed by atoms with Crippen LogP contribution in [0.25, 0.3) is 98.5 Å². The number of fused-ring (bicyclic) bond motifs is 14.